The summed E-state index contributed by atoms with van der Waals surface area (Å²) >= 11 is 3.58. The van der Waals surface area contributed by atoms with Gasteiger partial charge in [-0.15, -0.1) is 0 Å². The summed E-state index contributed by atoms with van der Waals surface area (Å²) in [6, 6.07) is 4.01. The lowest BCUT2D eigenvalue weighted by Gasteiger charge is -2.34. The van der Waals surface area contributed by atoms with Crippen molar-refractivity contribution in [2.45, 2.75) is 64.3 Å². The third-order valence-electron chi connectivity index (χ3n) is 3.86. The highest BCUT2D eigenvalue weighted by Crippen LogP contribution is 2.60. The van der Waals surface area contributed by atoms with Gasteiger partial charge in [0.1, 0.15) is 11.5 Å². The first-order chi connectivity index (χ1) is 9.62. The second kappa shape index (κ2) is 4.63. The molecule has 1 aromatic rings. The third-order valence-corrected chi connectivity index (χ3v) is 4.48. The van der Waals surface area contributed by atoms with E-state index >= 15 is 0 Å². The number of fused-ring (bicyclic) bond motifs is 2. The molecule has 4 heteroatoms. The van der Waals surface area contributed by atoms with Crippen LogP contribution in [0.25, 0.3) is 0 Å². The molecule has 1 aliphatic carbocycles. The standard InChI is InChI=1S/C17H23BrO3/c1-15(2,3)21-16(4,5)20-12-7-6-11(18)14-13(12)17(8-9-17)10-19-14/h6-7H,8-10H2,1-5H3. The summed E-state index contributed by atoms with van der Waals surface area (Å²) < 4.78 is 19.2. The molecule has 0 N–H and O–H groups in total. The van der Waals surface area contributed by atoms with Gasteiger partial charge in [0, 0.05) is 24.8 Å². The SMILES string of the molecule is CC(C)(C)OC(C)(C)Oc1ccc(Br)c2c1C1(CC1)CO2. The molecule has 0 radical (unpaired) electrons. The molecule has 0 unspecified atom stereocenters. The predicted octanol–water partition coefficient (Wildman–Crippen LogP) is 4.80. The van der Waals surface area contributed by atoms with E-state index in [1.807, 2.05) is 46.8 Å². The van der Waals surface area contributed by atoms with Crippen LogP contribution in [0, 0.1) is 0 Å². The summed E-state index contributed by atoms with van der Waals surface area (Å²) in [6.45, 7) is 10.8. The minimum atomic E-state index is -0.682. The largest absolute Gasteiger partial charge is 0.491 e. The van der Waals surface area contributed by atoms with Gasteiger partial charge in [-0.3, -0.25) is 0 Å². The van der Waals surface area contributed by atoms with Gasteiger partial charge in [-0.2, -0.15) is 0 Å². The molecule has 116 valence electrons. The zero-order valence-corrected chi connectivity index (χ0v) is 15.0. The number of hydrogen-bond acceptors (Lipinski definition) is 3. The second-order valence-electron chi connectivity index (χ2n) is 7.53. The minimum Gasteiger partial charge on any atom is -0.491 e. The average molecular weight is 355 g/mol. The minimum absolute atomic E-state index is 0.173. The maximum atomic E-state index is 6.23. The average Bonchev–Trinajstić information content (AvgIpc) is 2.94. The molecule has 0 atom stereocenters. The molecule has 1 saturated carbocycles. The van der Waals surface area contributed by atoms with E-state index in [4.69, 9.17) is 14.2 Å². The zero-order valence-electron chi connectivity index (χ0n) is 13.4. The Morgan fingerprint density at radius 3 is 2.38 bits per heavy atom. The summed E-state index contributed by atoms with van der Waals surface area (Å²) in [7, 11) is 0. The smallest absolute Gasteiger partial charge is 0.205 e. The monoisotopic (exact) mass is 354 g/mol. The molecule has 3 rings (SSSR count). The summed E-state index contributed by atoms with van der Waals surface area (Å²) in [5, 5.41) is 0. The number of ether oxygens (including phenoxy) is 3. The molecule has 1 fully saturated rings. The molecule has 0 bridgehead atoms. The highest BCUT2D eigenvalue weighted by Gasteiger charge is 2.53. The fourth-order valence-corrected chi connectivity index (χ4v) is 3.56. The third kappa shape index (κ3) is 2.93. The molecule has 1 aromatic carbocycles. The van der Waals surface area contributed by atoms with Gasteiger partial charge in [-0.05, 0) is 61.7 Å². The quantitative estimate of drug-likeness (QED) is 0.729. The molecular weight excluding hydrogens is 332 g/mol. The number of rotatable bonds is 3. The van der Waals surface area contributed by atoms with Crippen molar-refractivity contribution in [2.24, 2.45) is 0 Å². The van der Waals surface area contributed by atoms with Crippen molar-refractivity contribution in [1.29, 1.82) is 0 Å². The van der Waals surface area contributed by atoms with E-state index in [0.717, 1.165) is 22.6 Å². The van der Waals surface area contributed by atoms with E-state index in [1.54, 1.807) is 0 Å². The van der Waals surface area contributed by atoms with Crippen molar-refractivity contribution >= 4 is 15.9 Å². The Hall–Kier alpha value is -0.740. The lowest BCUT2D eigenvalue weighted by molar-refractivity contribution is -0.213. The lowest BCUT2D eigenvalue weighted by atomic mass is 9.97. The van der Waals surface area contributed by atoms with Crippen LogP contribution < -0.4 is 9.47 Å². The zero-order chi connectivity index (χ0) is 15.5. The number of halogens is 1. The number of hydrogen-bond donors (Lipinski definition) is 0. The van der Waals surface area contributed by atoms with Gasteiger partial charge in [-0.25, -0.2) is 0 Å². The van der Waals surface area contributed by atoms with Crippen molar-refractivity contribution in [3.63, 3.8) is 0 Å². The van der Waals surface area contributed by atoms with Crippen molar-refractivity contribution in [1.82, 2.24) is 0 Å². The summed E-state index contributed by atoms with van der Waals surface area (Å²) in [6.07, 6.45) is 2.35. The van der Waals surface area contributed by atoms with Gasteiger partial charge < -0.3 is 14.2 Å². The van der Waals surface area contributed by atoms with Crippen LogP contribution in [0.3, 0.4) is 0 Å². The van der Waals surface area contributed by atoms with Crippen molar-refractivity contribution in [3.05, 3.63) is 22.2 Å². The summed E-state index contributed by atoms with van der Waals surface area (Å²) in [5.41, 5.74) is 1.13. The maximum absolute atomic E-state index is 6.23. The first-order valence-corrected chi connectivity index (χ1v) is 8.26. The Bertz CT molecular complexity index is 568. The topological polar surface area (TPSA) is 27.7 Å². The molecule has 1 spiro atoms. The Morgan fingerprint density at radius 2 is 1.81 bits per heavy atom. The normalized spacial score (nSPS) is 19.3. The second-order valence-corrected chi connectivity index (χ2v) is 8.39. The van der Waals surface area contributed by atoms with Gasteiger partial charge in [-0.1, -0.05) is 0 Å². The van der Waals surface area contributed by atoms with Gasteiger partial charge >= 0.3 is 0 Å². The Kier molecular flexibility index (Phi) is 3.34. The predicted molar refractivity (Wildman–Crippen MR) is 86.1 cm³/mol. The van der Waals surface area contributed by atoms with Crippen LogP contribution in [-0.4, -0.2) is 18.0 Å². The first-order valence-electron chi connectivity index (χ1n) is 7.47. The van der Waals surface area contributed by atoms with E-state index in [2.05, 4.69) is 15.9 Å². The van der Waals surface area contributed by atoms with Gasteiger partial charge in [0.15, 0.2) is 0 Å². The molecular formula is C17H23BrO3. The Balaban J connectivity index is 1.93. The molecule has 21 heavy (non-hydrogen) atoms. The molecule has 3 nitrogen and oxygen atoms in total. The Morgan fingerprint density at radius 1 is 1.14 bits per heavy atom. The van der Waals surface area contributed by atoms with Crippen LogP contribution in [0.1, 0.15) is 53.0 Å². The van der Waals surface area contributed by atoms with E-state index in [-0.39, 0.29) is 11.0 Å². The van der Waals surface area contributed by atoms with E-state index in [9.17, 15) is 0 Å². The van der Waals surface area contributed by atoms with Gasteiger partial charge in [0.2, 0.25) is 5.79 Å². The van der Waals surface area contributed by atoms with Gasteiger partial charge in [0.05, 0.1) is 16.7 Å². The Labute approximate surface area is 135 Å². The molecule has 2 aliphatic rings. The highest BCUT2D eigenvalue weighted by atomic mass is 79.9. The van der Waals surface area contributed by atoms with Crippen molar-refractivity contribution in [3.8, 4) is 11.5 Å². The first kappa shape index (κ1) is 15.2. The van der Waals surface area contributed by atoms with Crippen molar-refractivity contribution < 1.29 is 14.2 Å². The van der Waals surface area contributed by atoms with Crippen LogP contribution in [0.4, 0.5) is 0 Å². The fraction of sp³-hybridized carbons (Fsp3) is 0.647. The van der Waals surface area contributed by atoms with Crippen LogP contribution in [0.15, 0.2) is 16.6 Å². The van der Waals surface area contributed by atoms with Crippen LogP contribution in [0.5, 0.6) is 11.5 Å². The summed E-state index contributed by atoms with van der Waals surface area (Å²) in [5.74, 6) is 1.15. The van der Waals surface area contributed by atoms with E-state index < -0.39 is 5.79 Å². The number of benzene rings is 1. The van der Waals surface area contributed by atoms with Crippen LogP contribution in [0.2, 0.25) is 0 Å². The van der Waals surface area contributed by atoms with Crippen molar-refractivity contribution in [2.75, 3.05) is 6.61 Å². The summed E-state index contributed by atoms with van der Waals surface area (Å²) in [4.78, 5) is 0. The molecule has 0 aromatic heterocycles. The lowest BCUT2D eigenvalue weighted by Crippen LogP contribution is -2.40. The molecule has 1 aliphatic heterocycles. The van der Waals surface area contributed by atoms with Gasteiger partial charge in [0.25, 0.3) is 0 Å². The van der Waals surface area contributed by atoms with Crippen LogP contribution in [-0.2, 0) is 10.2 Å². The van der Waals surface area contributed by atoms with Crippen LogP contribution >= 0.6 is 15.9 Å². The van der Waals surface area contributed by atoms with E-state index in [0.29, 0.717) is 0 Å². The maximum Gasteiger partial charge on any atom is 0.205 e. The van der Waals surface area contributed by atoms with E-state index in [1.165, 1.54) is 18.4 Å². The highest BCUT2D eigenvalue weighted by molar-refractivity contribution is 9.10. The molecule has 0 saturated heterocycles. The molecule has 1 heterocycles. The molecule has 0 amide bonds. The fourth-order valence-electron chi connectivity index (χ4n) is 3.12.